The second-order valence-corrected chi connectivity index (χ2v) is 12.4. The number of fused-ring (bicyclic) bond motifs is 2. The Kier molecular flexibility index (Phi) is 11.3. The van der Waals surface area contributed by atoms with Crippen LogP contribution in [0.3, 0.4) is 0 Å². The fourth-order valence-corrected chi connectivity index (χ4v) is 5.39. The number of ether oxygens (including phenoxy) is 1. The molecule has 11 heteroatoms. The van der Waals surface area contributed by atoms with E-state index < -0.39 is 11.6 Å². The Labute approximate surface area is 273 Å². The summed E-state index contributed by atoms with van der Waals surface area (Å²) in [4.78, 5) is 19.2. The van der Waals surface area contributed by atoms with E-state index in [4.69, 9.17) is 24.9 Å². The van der Waals surface area contributed by atoms with Gasteiger partial charge in [0, 0.05) is 41.3 Å². The molecule has 0 atom stereocenters. The molecule has 0 spiro atoms. The molecule has 0 saturated heterocycles. The minimum Gasteiger partial charge on any atom is -0.491 e. The van der Waals surface area contributed by atoms with Gasteiger partial charge in [-0.25, -0.2) is 18.7 Å². The lowest BCUT2D eigenvalue weighted by Crippen LogP contribution is -2.25. The summed E-state index contributed by atoms with van der Waals surface area (Å²) in [5.74, 6) is -0.669. The molecule has 0 unspecified atom stereocenters. The van der Waals surface area contributed by atoms with E-state index >= 15 is 8.78 Å². The molecule has 0 fully saturated rings. The fraction of sp³-hybridized carbons (Fsp3) is 0.333. The predicted molar refractivity (Wildman–Crippen MR) is 181 cm³/mol. The smallest absolute Gasteiger partial charge is 0.214 e. The Balaban J connectivity index is 0.00000118. The zero-order valence-electron chi connectivity index (χ0n) is 27.5. The number of rotatable bonds is 10. The molecule has 0 bridgehead atoms. The third kappa shape index (κ3) is 8.88. The second kappa shape index (κ2) is 15.1. The summed E-state index contributed by atoms with van der Waals surface area (Å²) >= 11 is 0. The SMILES string of the molecule is C=C/C=C(\C=C(C)C)Nc1nc(-c2nn(Cc3c(F)cc(OCCO)cc3F)c3ccccc23)nc2c1CCC(C)(C)C2.CC(N)=O. The number of carbonyl (C=O) groups is 1. The van der Waals surface area contributed by atoms with Crippen molar-refractivity contribution in [3.8, 4) is 17.3 Å². The zero-order valence-corrected chi connectivity index (χ0v) is 27.5. The fourth-order valence-electron chi connectivity index (χ4n) is 5.39. The number of para-hydroxylation sites is 1. The average molecular weight is 645 g/mol. The molecule has 1 aliphatic carbocycles. The van der Waals surface area contributed by atoms with Crippen LogP contribution in [0.1, 0.15) is 57.9 Å². The first-order valence-corrected chi connectivity index (χ1v) is 15.4. The number of allylic oxidation sites excluding steroid dienone is 4. The molecule has 2 heterocycles. The molecule has 4 N–H and O–H groups in total. The first-order chi connectivity index (χ1) is 22.3. The minimum atomic E-state index is -0.756. The molecule has 0 aliphatic heterocycles. The van der Waals surface area contributed by atoms with Crippen LogP contribution in [0.25, 0.3) is 22.4 Å². The van der Waals surface area contributed by atoms with Gasteiger partial charge in [-0.1, -0.05) is 50.3 Å². The van der Waals surface area contributed by atoms with Gasteiger partial charge in [0.2, 0.25) is 5.91 Å². The maximum atomic E-state index is 15.1. The summed E-state index contributed by atoms with van der Waals surface area (Å²) in [6.45, 7) is 13.2. The van der Waals surface area contributed by atoms with E-state index in [-0.39, 0.29) is 42.4 Å². The Morgan fingerprint density at radius 3 is 2.49 bits per heavy atom. The summed E-state index contributed by atoms with van der Waals surface area (Å²) < 4.78 is 36.9. The van der Waals surface area contributed by atoms with Crippen LogP contribution in [-0.2, 0) is 24.2 Å². The first kappa shape index (κ1) is 35.0. The Morgan fingerprint density at radius 2 is 1.85 bits per heavy atom. The monoisotopic (exact) mass is 644 g/mol. The largest absolute Gasteiger partial charge is 0.491 e. The van der Waals surface area contributed by atoms with Gasteiger partial charge < -0.3 is 20.9 Å². The summed E-state index contributed by atoms with van der Waals surface area (Å²) in [7, 11) is 0. The quantitative estimate of drug-likeness (QED) is 0.165. The molecular weight excluding hydrogens is 602 g/mol. The van der Waals surface area contributed by atoms with E-state index in [9.17, 15) is 4.79 Å². The van der Waals surface area contributed by atoms with Gasteiger partial charge in [0.05, 0.1) is 24.4 Å². The van der Waals surface area contributed by atoms with Gasteiger partial charge in [-0.3, -0.25) is 9.48 Å². The molecule has 0 radical (unpaired) electrons. The molecular formula is C36H42F2N6O3. The van der Waals surface area contributed by atoms with Crippen molar-refractivity contribution in [3.63, 3.8) is 0 Å². The molecule has 2 aromatic carbocycles. The van der Waals surface area contributed by atoms with E-state index in [0.29, 0.717) is 17.0 Å². The van der Waals surface area contributed by atoms with Gasteiger partial charge in [-0.15, -0.1) is 0 Å². The molecule has 47 heavy (non-hydrogen) atoms. The summed E-state index contributed by atoms with van der Waals surface area (Å²) in [5, 5.41) is 18.1. The van der Waals surface area contributed by atoms with Crippen LogP contribution in [0.5, 0.6) is 5.75 Å². The number of benzene rings is 2. The third-order valence-electron chi connectivity index (χ3n) is 7.45. The highest BCUT2D eigenvalue weighted by molar-refractivity contribution is 5.92. The topological polar surface area (TPSA) is 128 Å². The highest BCUT2D eigenvalue weighted by Gasteiger charge is 2.30. The number of primary amides is 1. The van der Waals surface area contributed by atoms with Gasteiger partial charge >= 0.3 is 0 Å². The van der Waals surface area contributed by atoms with Crippen LogP contribution >= 0.6 is 0 Å². The molecule has 4 aromatic rings. The van der Waals surface area contributed by atoms with Crippen molar-refractivity contribution < 1.29 is 23.4 Å². The van der Waals surface area contributed by atoms with Crippen LogP contribution < -0.4 is 15.8 Å². The Morgan fingerprint density at radius 1 is 1.17 bits per heavy atom. The van der Waals surface area contributed by atoms with Crippen molar-refractivity contribution in [1.29, 1.82) is 0 Å². The van der Waals surface area contributed by atoms with E-state index in [2.05, 4.69) is 31.5 Å². The predicted octanol–water partition coefficient (Wildman–Crippen LogP) is 6.65. The van der Waals surface area contributed by atoms with Crippen molar-refractivity contribution in [3.05, 3.63) is 101 Å². The Hall–Kier alpha value is -4.90. The number of halogens is 2. The molecule has 5 rings (SSSR count). The standard InChI is InChI=1S/C34H37F2N5O2.C2H5NO/c1-6-9-22(16-21(2)3)37-32-24-12-13-34(4,5)19-29(24)38-33(39-32)31-25-10-7-8-11-30(25)41(40-31)20-26-27(35)17-23(18-28(26)36)43-15-14-42;1-2(3)4/h6-11,16-18,42H,1,12-15,19-20H2,2-5H3,(H,37,38,39);1H3,(H2,3,4)/b22-9+;. The van der Waals surface area contributed by atoms with Crippen LogP contribution in [0.4, 0.5) is 14.6 Å². The van der Waals surface area contributed by atoms with Gasteiger partial charge in [-0.2, -0.15) is 5.10 Å². The van der Waals surface area contributed by atoms with E-state index in [1.54, 1.807) is 10.8 Å². The number of nitrogens with two attached hydrogens (primary N) is 1. The number of nitrogens with zero attached hydrogens (tertiary/aromatic N) is 4. The maximum absolute atomic E-state index is 15.1. The number of hydrogen-bond acceptors (Lipinski definition) is 7. The number of aliphatic hydroxyl groups excluding tert-OH is 1. The van der Waals surface area contributed by atoms with Crippen molar-refractivity contribution in [2.75, 3.05) is 18.5 Å². The lowest BCUT2D eigenvalue weighted by Gasteiger charge is -2.31. The van der Waals surface area contributed by atoms with Crippen LogP contribution in [0.15, 0.2) is 72.5 Å². The molecule has 9 nitrogen and oxygen atoms in total. The highest BCUT2D eigenvalue weighted by Crippen LogP contribution is 2.38. The van der Waals surface area contributed by atoms with Crippen molar-refractivity contribution >= 4 is 22.6 Å². The van der Waals surface area contributed by atoms with Gasteiger partial charge in [-0.05, 0) is 56.7 Å². The summed E-state index contributed by atoms with van der Waals surface area (Å²) in [6, 6.07) is 9.77. The molecule has 0 saturated carbocycles. The first-order valence-electron chi connectivity index (χ1n) is 15.4. The summed E-state index contributed by atoms with van der Waals surface area (Å²) in [6.07, 6.45) is 8.32. The molecule has 1 aliphatic rings. The lowest BCUT2D eigenvalue weighted by atomic mass is 9.76. The lowest BCUT2D eigenvalue weighted by molar-refractivity contribution is -0.115. The van der Waals surface area contributed by atoms with Crippen LogP contribution in [0, 0.1) is 17.0 Å². The average Bonchev–Trinajstić information content (AvgIpc) is 3.35. The number of amides is 1. The zero-order chi connectivity index (χ0) is 34.3. The number of carbonyl (C=O) groups excluding carboxylic acids is 1. The van der Waals surface area contributed by atoms with Gasteiger partial charge in [0.15, 0.2) is 5.82 Å². The van der Waals surface area contributed by atoms with E-state index in [1.165, 1.54) is 6.92 Å². The minimum absolute atomic E-state index is 0.0159. The van der Waals surface area contributed by atoms with Crippen molar-refractivity contribution in [2.45, 2.75) is 60.4 Å². The molecule has 2 aromatic heterocycles. The number of aliphatic hydroxyl groups is 1. The number of aromatic nitrogens is 4. The number of anilines is 1. The van der Waals surface area contributed by atoms with E-state index in [1.807, 2.05) is 50.3 Å². The number of hydrogen-bond donors (Lipinski definition) is 3. The van der Waals surface area contributed by atoms with E-state index in [0.717, 1.165) is 65.1 Å². The second-order valence-electron chi connectivity index (χ2n) is 12.4. The van der Waals surface area contributed by atoms with Gasteiger partial charge in [0.25, 0.3) is 0 Å². The van der Waals surface area contributed by atoms with Crippen LogP contribution in [-0.4, -0.2) is 44.0 Å². The highest BCUT2D eigenvalue weighted by atomic mass is 19.1. The van der Waals surface area contributed by atoms with Crippen molar-refractivity contribution in [2.24, 2.45) is 11.1 Å². The number of nitrogens with one attached hydrogen (secondary N) is 1. The third-order valence-corrected chi connectivity index (χ3v) is 7.45. The molecule has 248 valence electrons. The van der Waals surface area contributed by atoms with Crippen molar-refractivity contribution in [1.82, 2.24) is 19.7 Å². The van der Waals surface area contributed by atoms with Crippen LogP contribution in [0.2, 0.25) is 0 Å². The van der Waals surface area contributed by atoms with Gasteiger partial charge in [0.1, 0.15) is 35.5 Å². The normalized spacial score (nSPS) is 13.7. The summed E-state index contributed by atoms with van der Waals surface area (Å²) in [5.41, 5.74) is 9.67. The maximum Gasteiger partial charge on any atom is 0.214 e. The Bertz CT molecular complexity index is 1810. The molecule has 1 amide bonds.